The molecule has 0 amide bonds. The summed E-state index contributed by atoms with van der Waals surface area (Å²) in [6.07, 6.45) is 2.01. The third-order valence-corrected chi connectivity index (χ3v) is 12.2. The van der Waals surface area contributed by atoms with Crippen LogP contribution in [0, 0.1) is 28.6 Å². The minimum Gasteiger partial charge on any atom is -0.458 e. The zero-order valence-corrected chi connectivity index (χ0v) is 22.7. The molecule has 6 rings (SSSR count). The van der Waals surface area contributed by atoms with E-state index in [2.05, 4.69) is 13.8 Å². The minimum atomic E-state index is -1.36. The lowest BCUT2D eigenvalue weighted by Crippen LogP contribution is -2.67. The second-order valence-corrected chi connectivity index (χ2v) is 13.7. The van der Waals surface area contributed by atoms with Gasteiger partial charge in [0.25, 0.3) is 0 Å². The lowest BCUT2D eigenvalue weighted by Gasteiger charge is -2.66. The first-order chi connectivity index (χ1) is 17.8. The Morgan fingerprint density at radius 2 is 1.61 bits per heavy atom. The Kier molecular flexibility index (Phi) is 6.40. The van der Waals surface area contributed by atoms with Crippen LogP contribution >= 0.6 is 0 Å². The molecule has 6 aliphatic rings. The highest BCUT2D eigenvalue weighted by atomic mass is 16.7. The first-order valence-corrected chi connectivity index (χ1v) is 14.5. The zero-order valence-electron chi connectivity index (χ0n) is 22.7. The summed E-state index contributed by atoms with van der Waals surface area (Å²) in [6, 6.07) is 0. The van der Waals surface area contributed by atoms with Gasteiger partial charge in [0.2, 0.25) is 0 Å². The second-order valence-electron chi connectivity index (χ2n) is 13.7. The van der Waals surface area contributed by atoms with Crippen LogP contribution in [0.15, 0.2) is 11.6 Å². The van der Waals surface area contributed by atoms with Gasteiger partial charge in [-0.3, -0.25) is 0 Å². The Hall–Kier alpha value is -1.07. The number of rotatable bonds is 3. The van der Waals surface area contributed by atoms with Crippen LogP contribution in [-0.2, 0) is 19.0 Å². The van der Waals surface area contributed by atoms with Crippen molar-refractivity contribution in [2.24, 2.45) is 28.6 Å². The van der Waals surface area contributed by atoms with Crippen molar-refractivity contribution >= 4 is 5.97 Å². The Morgan fingerprint density at radius 1 is 0.895 bits per heavy atom. The highest BCUT2D eigenvalue weighted by Gasteiger charge is 2.70. The van der Waals surface area contributed by atoms with Gasteiger partial charge in [0.15, 0.2) is 6.29 Å². The van der Waals surface area contributed by atoms with Crippen LogP contribution in [0.5, 0.6) is 0 Å². The highest BCUT2D eigenvalue weighted by molar-refractivity contribution is 5.85. The van der Waals surface area contributed by atoms with Crippen LogP contribution < -0.4 is 0 Å². The average Bonchev–Trinajstić information content (AvgIpc) is 3.41. The van der Waals surface area contributed by atoms with Crippen molar-refractivity contribution < 1.29 is 44.5 Å². The number of cyclic esters (lactones) is 1. The highest BCUT2D eigenvalue weighted by Crippen LogP contribution is 2.70. The third kappa shape index (κ3) is 3.65. The van der Waals surface area contributed by atoms with Crippen molar-refractivity contribution in [1.29, 1.82) is 0 Å². The topological polar surface area (TPSA) is 146 Å². The maximum Gasteiger partial charge on any atom is 0.331 e. The van der Waals surface area contributed by atoms with Gasteiger partial charge < -0.3 is 39.7 Å². The summed E-state index contributed by atoms with van der Waals surface area (Å²) in [5.74, 6) is 0.0978. The number of esters is 1. The number of ether oxygens (including phenoxy) is 3. The molecule has 5 N–H and O–H groups in total. The van der Waals surface area contributed by atoms with Gasteiger partial charge in [-0.1, -0.05) is 13.8 Å². The molecule has 4 saturated carbocycles. The van der Waals surface area contributed by atoms with E-state index in [9.17, 15) is 30.3 Å². The van der Waals surface area contributed by atoms with E-state index >= 15 is 0 Å². The molecule has 9 nitrogen and oxygen atoms in total. The summed E-state index contributed by atoms with van der Waals surface area (Å²) in [4.78, 5) is 11.8. The van der Waals surface area contributed by atoms with Gasteiger partial charge in [0.05, 0.1) is 23.4 Å². The van der Waals surface area contributed by atoms with E-state index in [1.807, 2.05) is 0 Å². The standard InChI is InChI=1S/C29H44O9/c1-15-22(31)23(32)24(33)25(37-15)38-17-4-8-26(2)19-5-9-27(3)18(16-12-21(30)36-14-16)7-11-29(27,35)20(19)6-10-28(26,34)13-17/h12,15,17-20,22-25,31-35H,4-11,13-14H2,1-3H3/t15-,17+,18+,19+,20-,22+,23+,24-,25+,26-,27-,28+,29+/m1/s1. The number of hydrogen-bond donors (Lipinski definition) is 5. The van der Waals surface area contributed by atoms with Crippen molar-refractivity contribution in [2.45, 2.75) is 127 Å². The number of hydrogen-bond acceptors (Lipinski definition) is 9. The van der Waals surface area contributed by atoms with Crippen molar-refractivity contribution in [3.63, 3.8) is 0 Å². The first-order valence-electron chi connectivity index (χ1n) is 14.5. The lowest BCUT2D eigenvalue weighted by atomic mass is 9.42. The van der Waals surface area contributed by atoms with E-state index < -0.39 is 41.9 Å². The van der Waals surface area contributed by atoms with Crippen LogP contribution in [0.1, 0.15) is 78.6 Å². The van der Waals surface area contributed by atoms with Crippen LogP contribution in [0.4, 0.5) is 0 Å². The molecule has 5 fully saturated rings. The fraction of sp³-hybridized carbons (Fsp3) is 0.897. The molecule has 2 heterocycles. The molecule has 13 atom stereocenters. The normalized spacial score (nSPS) is 56.5. The van der Waals surface area contributed by atoms with Crippen LogP contribution in [0.2, 0.25) is 0 Å². The summed E-state index contributed by atoms with van der Waals surface area (Å²) >= 11 is 0. The Labute approximate surface area is 224 Å². The van der Waals surface area contributed by atoms with Crippen LogP contribution in [-0.4, -0.2) is 86.1 Å². The first kappa shape index (κ1) is 27.1. The molecule has 38 heavy (non-hydrogen) atoms. The molecule has 214 valence electrons. The van der Waals surface area contributed by atoms with Gasteiger partial charge in [-0.25, -0.2) is 4.79 Å². The molecule has 0 bridgehead atoms. The van der Waals surface area contributed by atoms with Crippen molar-refractivity contribution in [2.75, 3.05) is 6.61 Å². The lowest BCUT2D eigenvalue weighted by molar-refractivity contribution is -0.319. The van der Waals surface area contributed by atoms with E-state index in [0.717, 1.165) is 37.7 Å². The summed E-state index contributed by atoms with van der Waals surface area (Å²) in [7, 11) is 0. The molecule has 4 aliphatic carbocycles. The SMILES string of the molecule is C[C@H]1O[C@@H](O[C@H]2CC[C@]3(C)[C@H]4CC[C@]5(C)[C@H](C6=CC(=O)OC6)CC[C@]5(O)[C@@H]4CC[C@]3(O)C2)[C@H](O)[C@@H](O)[C@H]1O. The van der Waals surface area contributed by atoms with E-state index in [4.69, 9.17) is 14.2 Å². The monoisotopic (exact) mass is 536 g/mol. The molecule has 0 radical (unpaired) electrons. The average molecular weight is 537 g/mol. The van der Waals surface area contributed by atoms with Gasteiger partial charge in [-0.05, 0) is 87.0 Å². The molecular formula is C29H44O9. The number of aliphatic hydroxyl groups excluding tert-OH is 3. The van der Waals surface area contributed by atoms with Crippen molar-refractivity contribution in [3.05, 3.63) is 11.6 Å². The minimum absolute atomic E-state index is 0.0774. The largest absolute Gasteiger partial charge is 0.458 e. The molecule has 0 aromatic rings. The number of carbonyl (C=O) groups excluding carboxylic acids is 1. The maximum atomic E-state index is 12.4. The summed E-state index contributed by atoms with van der Waals surface area (Å²) < 4.78 is 17.0. The van der Waals surface area contributed by atoms with Gasteiger partial charge in [-0.15, -0.1) is 0 Å². The fourth-order valence-corrected chi connectivity index (χ4v) is 9.80. The Morgan fingerprint density at radius 3 is 2.32 bits per heavy atom. The van der Waals surface area contributed by atoms with E-state index in [1.54, 1.807) is 13.0 Å². The van der Waals surface area contributed by atoms with Crippen LogP contribution in [0.25, 0.3) is 0 Å². The van der Waals surface area contributed by atoms with E-state index in [1.165, 1.54) is 0 Å². The number of carbonyl (C=O) groups is 1. The van der Waals surface area contributed by atoms with Gasteiger partial charge in [-0.2, -0.15) is 0 Å². The number of aliphatic hydroxyl groups is 5. The van der Waals surface area contributed by atoms with Crippen molar-refractivity contribution in [1.82, 2.24) is 0 Å². The molecule has 1 saturated heterocycles. The Bertz CT molecular complexity index is 1000. The molecule has 0 aromatic carbocycles. The molecule has 0 aromatic heterocycles. The predicted octanol–water partition coefficient (Wildman–Crippen LogP) is 1.57. The summed E-state index contributed by atoms with van der Waals surface area (Å²) in [5, 5.41) is 55.1. The quantitative estimate of drug-likeness (QED) is 0.268. The molecule has 2 aliphatic heterocycles. The van der Waals surface area contributed by atoms with E-state index in [-0.39, 0.29) is 40.7 Å². The van der Waals surface area contributed by atoms with Crippen molar-refractivity contribution in [3.8, 4) is 0 Å². The summed E-state index contributed by atoms with van der Waals surface area (Å²) in [6.45, 7) is 6.33. The maximum absolute atomic E-state index is 12.4. The molecule has 9 heteroatoms. The summed E-state index contributed by atoms with van der Waals surface area (Å²) in [5.41, 5.74) is -1.51. The number of fused-ring (bicyclic) bond motifs is 5. The second kappa shape index (κ2) is 8.96. The molecule has 0 spiro atoms. The third-order valence-electron chi connectivity index (χ3n) is 12.2. The van der Waals surface area contributed by atoms with Gasteiger partial charge in [0.1, 0.15) is 24.9 Å². The Balaban J connectivity index is 1.19. The zero-order chi connectivity index (χ0) is 27.3. The van der Waals surface area contributed by atoms with E-state index in [0.29, 0.717) is 32.3 Å². The van der Waals surface area contributed by atoms with Crippen LogP contribution in [0.3, 0.4) is 0 Å². The smallest absolute Gasteiger partial charge is 0.331 e. The van der Waals surface area contributed by atoms with Gasteiger partial charge in [0, 0.05) is 17.9 Å². The molecular weight excluding hydrogens is 492 g/mol. The molecule has 0 unspecified atom stereocenters. The van der Waals surface area contributed by atoms with Gasteiger partial charge >= 0.3 is 5.97 Å². The fourth-order valence-electron chi connectivity index (χ4n) is 9.80. The predicted molar refractivity (Wildman–Crippen MR) is 134 cm³/mol.